The van der Waals surface area contributed by atoms with Gasteiger partial charge in [-0.3, -0.25) is 9.36 Å². The molecule has 2 heterocycles. The van der Waals surface area contributed by atoms with Gasteiger partial charge in [0.25, 0.3) is 5.91 Å². The van der Waals surface area contributed by atoms with Crippen molar-refractivity contribution >= 4 is 17.6 Å². The minimum absolute atomic E-state index is 0.129. The molecule has 0 atom stereocenters. The number of rotatable bonds is 2. The van der Waals surface area contributed by atoms with Gasteiger partial charge in [-0.05, 0) is 45.0 Å². The molecule has 1 aromatic heterocycles. The lowest BCUT2D eigenvalue weighted by Crippen LogP contribution is -2.36. The van der Waals surface area contributed by atoms with Crippen molar-refractivity contribution < 1.29 is 14.3 Å². The van der Waals surface area contributed by atoms with Crippen LogP contribution < -0.4 is 4.90 Å². The lowest BCUT2D eigenvalue weighted by atomic mass is 10.1. The molecular weight excluding hydrogens is 354 g/mol. The van der Waals surface area contributed by atoms with Gasteiger partial charge in [0.15, 0.2) is 5.69 Å². The molecule has 0 aliphatic carbocycles. The van der Waals surface area contributed by atoms with Gasteiger partial charge in [-0.15, -0.1) is 0 Å². The predicted molar refractivity (Wildman–Crippen MR) is 106 cm³/mol. The number of hydrogen-bond acceptors (Lipinski definition) is 4. The van der Waals surface area contributed by atoms with Gasteiger partial charge in [-0.1, -0.05) is 30.3 Å². The van der Waals surface area contributed by atoms with Crippen LogP contribution in [0.5, 0.6) is 0 Å². The lowest BCUT2D eigenvalue weighted by molar-refractivity contribution is 0.00618. The molecule has 6 heteroatoms. The molecule has 2 aromatic carbocycles. The van der Waals surface area contributed by atoms with E-state index in [9.17, 15) is 9.59 Å². The van der Waals surface area contributed by atoms with Gasteiger partial charge < -0.3 is 9.64 Å². The topological polar surface area (TPSA) is 64.4 Å². The number of fused-ring (bicyclic) bond motifs is 3. The van der Waals surface area contributed by atoms with Crippen molar-refractivity contribution in [2.75, 3.05) is 4.90 Å². The van der Waals surface area contributed by atoms with E-state index in [2.05, 4.69) is 4.98 Å². The first-order valence-electron chi connectivity index (χ1n) is 9.11. The highest BCUT2D eigenvalue weighted by atomic mass is 16.6. The summed E-state index contributed by atoms with van der Waals surface area (Å²) in [5, 5.41) is 0. The summed E-state index contributed by atoms with van der Waals surface area (Å²) in [6.07, 6.45) is 1.61. The molecule has 4 rings (SSSR count). The number of para-hydroxylation sites is 2. The molecule has 0 saturated carbocycles. The van der Waals surface area contributed by atoms with Gasteiger partial charge in [0.1, 0.15) is 11.9 Å². The summed E-state index contributed by atoms with van der Waals surface area (Å²) < 4.78 is 7.35. The molecule has 1 aliphatic heterocycles. The van der Waals surface area contributed by atoms with Gasteiger partial charge in [0.05, 0.1) is 23.6 Å². The maximum Gasteiger partial charge on any atom is 0.359 e. The number of ether oxygens (including phenoxy) is 1. The Bertz CT molecular complexity index is 1050. The maximum absolute atomic E-state index is 13.2. The highest BCUT2D eigenvalue weighted by molar-refractivity contribution is 6.07. The molecule has 0 fully saturated rings. The van der Waals surface area contributed by atoms with Gasteiger partial charge in [0.2, 0.25) is 0 Å². The van der Waals surface area contributed by atoms with E-state index in [1.165, 1.54) is 0 Å². The Balaban J connectivity index is 1.78. The largest absolute Gasteiger partial charge is 0.455 e. The second-order valence-electron chi connectivity index (χ2n) is 7.66. The van der Waals surface area contributed by atoms with E-state index in [1.54, 1.807) is 23.4 Å². The van der Waals surface area contributed by atoms with Crippen molar-refractivity contribution in [2.24, 2.45) is 0 Å². The van der Waals surface area contributed by atoms with Crippen LogP contribution in [-0.2, 0) is 11.3 Å². The molecule has 0 bridgehead atoms. The van der Waals surface area contributed by atoms with E-state index >= 15 is 0 Å². The Kier molecular flexibility index (Phi) is 4.26. The quantitative estimate of drug-likeness (QED) is 0.636. The van der Waals surface area contributed by atoms with Gasteiger partial charge >= 0.3 is 5.97 Å². The number of benzene rings is 2. The van der Waals surface area contributed by atoms with Crippen LogP contribution in [-0.4, -0.2) is 27.0 Å². The van der Waals surface area contributed by atoms with Gasteiger partial charge in [-0.2, -0.15) is 0 Å². The molecule has 0 unspecified atom stereocenters. The number of aromatic nitrogens is 2. The standard InChI is InChI=1S/C22H21N3O3/c1-22(2,3)28-21(27)19-18-13-24(20(26)15-9-5-4-6-10-15)16-11-7-8-12-17(16)25(18)14-23-19/h4-12,14H,13H2,1-3H3. The average molecular weight is 375 g/mol. The molecule has 3 aromatic rings. The van der Waals surface area contributed by atoms with E-state index < -0.39 is 11.6 Å². The Labute approximate surface area is 163 Å². The van der Waals surface area contributed by atoms with Crippen molar-refractivity contribution in [3.05, 3.63) is 77.9 Å². The van der Waals surface area contributed by atoms with E-state index in [4.69, 9.17) is 4.74 Å². The van der Waals surface area contributed by atoms with E-state index in [0.29, 0.717) is 11.3 Å². The third kappa shape index (κ3) is 3.17. The van der Waals surface area contributed by atoms with Crippen LogP contribution in [0, 0.1) is 0 Å². The minimum Gasteiger partial charge on any atom is -0.455 e. The molecule has 0 radical (unpaired) electrons. The first-order chi connectivity index (χ1) is 13.3. The molecule has 28 heavy (non-hydrogen) atoms. The molecule has 0 N–H and O–H groups in total. The van der Waals surface area contributed by atoms with E-state index in [1.807, 2.05) is 67.8 Å². The summed E-state index contributed by atoms with van der Waals surface area (Å²) in [4.78, 5) is 31.8. The number of hydrogen-bond donors (Lipinski definition) is 0. The Morgan fingerprint density at radius 3 is 2.29 bits per heavy atom. The summed E-state index contributed by atoms with van der Waals surface area (Å²) in [5.41, 5.74) is 2.41. The monoisotopic (exact) mass is 375 g/mol. The number of esters is 1. The fourth-order valence-electron chi connectivity index (χ4n) is 3.28. The highest BCUT2D eigenvalue weighted by Crippen LogP contribution is 2.34. The SMILES string of the molecule is CC(C)(C)OC(=O)c1ncn2c1CN(C(=O)c1ccccc1)c1ccccc1-2. The molecule has 0 saturated heterocycles. The van der Waals surface area contributed by atoms with E-state index in [0.717, 1.165) is 11.4 Å². The van der Waals surface area contributed by atoms with E-state index in [-0.39, 0.29) is 18.1 Å². The highest BCUT2D eigenvalue weighted by Gasteiger charge is 2.32. The molecule has 0 spiro atoms. The number of anilines is 1. The van der Waals surface area contributed by atoms with Crippen molar-refractivity contribution in [1.29, 1.82) is 0 Å². The van der Waals surface area contributed by atoms with Crippen molar-refractivity contribution in [2.45, 2.75) is 32.9 Å². The van der Waals surface area contributed by atoms with Crippen LogP contribution >= 0.6 is 0 Å². The summed E-state index contributed by atoms with van der Waals surface area (Å²) in [6.45, 7) is 5.68. The van der Waals surface area contributed by atoms with Crippen LogP contribution in [0.2, 0.25) is 0 Å². The fourth-order valence-corrected chi connectivity index (χ4v) is 3.28. The molecular formula is C22H21N3O3. The minimum atomic E-state index is -0.625. The Hall–Kier alpha value is -3.41. The zero-order valence-electron chi connectivity index (χ0n) is 16.0. The van der Waals surface area contributed by atoms with Crippen LogP contribution in [0.4, 0.5) is 5.69 Å². The maximum atomic E-state index is 13.2. The first-order valence-corrected chi connectivity index (χ1v) is 9.11. The molecule has 142 valence electrons. The van der Waals surface area contributed by atoms with Gasteiger partial charge in [-0.25, -0.2) is 9.78 Å². The smallest absolute Gasteiger partial charge is 0.359 e. The first kappa shape index (κ1) is 18.0. The van der Waals surface area contributed by atoms with Crippen molar-refractivity contribution in [3.8, 4) is 5.69 Å². The van der Waals surface area contributed by atoms with Crippen LogP contribution in [0.15, 0.2) is 60.9 Å². The van der Waals surface area contributed by atoms with Gasteiger partial charge in [0, 0.05) is 5.56 Å². The second kappa shape index (κ2) is 6.64. The fraction of sp³-hybridized carbons (Fsp3) is 0.227. The Morgan fingerprint density at radius 2 is 1.61 bits per heavy atom. The zero-order valence-corrected chi connectivity index (χ0v) is 16.0. The summed E-state index contributed by atoms with van der Waals surface area (Å²) >= 11 is 0. The van der Waals surface area contributed by atoms with Crippen LogP contribution in [0.1, 0.15) is 47.3 Å². The number of carbonyl (C=O) groups is 2. The summed E-state index contributed by atoms with van der Waals surface area (Å²) in [5.74, 6) is -0.622. The summed E-state index contributed by atoms with van der Waals surface area (Å²) in [7, 11) is 0. The number of amides is 1. The van der Waals surface area contributed by atoms with Crippen LogP contribution in [0.3, 0.4) is 0 Å². The van der Waals surface area contributed by atoms with Crippen molar-refractivity contribution in [1.82, 2.24) is 9.55 Å². The lowest BCUT2D eigenvalue weighted by Gasteiger charge is -2.31. The number of nitrogens with zero attached hydrogens (tertiary/aromatic N) is 3. The number of carbonyl (C=O) groups excluding carboxylic acids is 2. The second-order valence-corrected chi connectivity index (χ2v) is 7.66. The number of imidazole rings is 1. The average Bonchev–Trinajstić information content (AvgIpc) is 3.10. The Morgan fingerprint density at radius 1 is 0.964 bits per heavy atom. The summed E-state index contributed by atoms with van der Waals surface area (Å²) in [6, 6.07) is 16.7. The molecule has 1 amide bonds. The van der Waals surface area contributed by atoms with Crippen LogP contribution in [0.25, 0.3) is 5.69 Å². The normalized spacial score (nSPS) is 12.9. The van der Waals surface area contributed by atoms with Crippen molar-refractivity contribution in [3.63, 3.8) is 0 Å². The third-order valence-electron chi connectivity index (χ3n) is 4.46. The predicted octanol–water partition coefficient (Wildman–Crippen LogP) is 3.99. The zero-order chi connectivity index (χ0) is 19.9. The molecule has 1 aliphatic rings. The third-order valence-corrected chi connectivity index (χ3v) is 4.46. The molecule has 6 nitrogen and oxygen atoms in total.